The number of nitrogens with two attached hydrogens (primary N) is 1. The van der Waals surface area contributed by atoms with Gasteiger partial charge in [0.05, 0.1) is 17.4 Å². The molecule has 0 aliphatic carbocycles. The summed E-state index contributed by atoms with van der Waals surface area (Å²) in [4.78, 5) is 23.7. The van der Waals surface area contributed by atoms with Gasteiger partial charge < -0.3 is 15.9 Å². The fourth-order valence-electron chi connectivity index (χ4n) is 0.982. The third-order valence-electron chi connectivity index (χ3n) is 1.72. The van der Waals surface area contributed by atoms with Crippen molar-refractivity contribution >= 4 is 22.2 Å². The van der Waals surface area contributed by atoms with Gasteiger partial charge in [0, 0.05) is 0 Å². The number of carbonyl (C=O) groups is 1. The first-order chi connectivity index (χ1) is 7.41. The molecule has 1 rings (SSSR count). The van der Waals surface area contributed by atoms with Gasteiger partial charge >= 0.3 is 5.00 Å². The highest BCUT2D eigenvalue weighted by atomic mass is 32.1. The Kier molecular flexibility index (Phi) is 3.88. The van der Waals surface area contributed by atoms with Gasteiger partial charge in [0.25, 0.3) is 0 Å². The van der Waals surface area contributed by atoms with Crippen molar-refractivity contribution in [3.8, 4) is 0 Å². The topological polar surface area (TPSA) is 140 Å². The highest BCUT2D eigenvalue weighted by molar-refractivity contribution is 7.14. The van der Waals surface area contributed by atoms with Gasteiger partial charge in [0.15, 0.2) is 0 Å². The predicted octanol–water partition coefficient (Wildman–Crippen LogP) is -0.679. The Morgan fingerprint density at radius 1 is 1.69 bits per heavy atom. The lowest BCUT2D eigenvalue weighted by Crippen LogP contribution is -2.25. The second-order valence-corrected chi connectivity index (χ2v) is 4.02. The van der Waals surface area contributed by atoms with E-state index in [9.17, 15) is 25.1 Å². The Bertz CT molecular complexity index is 406. The van der Waals surface area contributed by atoms with E-state index in [0.717, 1.165) is 6.20 Å². The minimum Gasteiger partial charge on any atom is -0.389 e. The van der Waals surface area contributed by atoms with Gasteiger partial charge in [-0.05, 0) is 11.3 Å². The largest absolute Gasteiger partial charge is 0.389 e. The summed E-state index contributed by atoms with van der Waals surface area (Å²) < 4.78 is 0. The lowest BCUT2D eigenvalue weighted by Gasteiger charge is -2.12. The zero-order valence-electron chi connectivity index (χ0n) is 7.94. The molecule has 0 fully saturated rings. The molecule has 9 heteroatoms. The van der Waals surface area contributed by atoms with Crippen LogP contribution in [0, 0.1) is 10.1 Å². The van der Waals surface area contributed by atoms with Crippen LogP contribution in [0.1, 0.15) is 17.5 Å². The molecule has 1 heterocycles. The third-order valence-corrected chi connectivity index (χ3v) is 2.74. The van der Waals surface area contributed by atoms with Gasteiger partial charge in [-0.3, -0.25) is 14.9 Å². The van der Waals surface area contributed by atoms with Gasteiger partial charge in [-0.15, -0.1) is 0 Å². The van der Waals surface area contributed by atoms with E-state index in [1.54, 1.807) is 0 Å². The summed E-state index contributed by atoms with van der Waals surface area (Å²) >= 11 is 0.632. The number of aromatic nitrogens is 1. The Morgan fingerprint density at radius 3 is 2.75 bits per heavy atom. The molecule has 2 unspecified atom stereocenters. The fraction of sp³-hybridized carbons (Fsp3) is 0.429. The number of hydrogen-bond acceptors (Lipinski definition) is 7. The molecule has 16 heavy (non-hydrogen) atoms. The molecule has 1 aromatic heterocycles. The molecular formula is C7H9N3O5S. The number of aliphatic hydroxyl groups is 2. The summed E-state index contributed by atoms with van der Waals surface area (Å²) in [7, 11) is 0. The van der Waals surface area contributed by atoms with E-state index >= 15 is 0 Å². The van der Waals surface area contributed by atoms with E-state index in [-0.39, 0.29) is 10.0 Å². The molecule has 0 saturated carbocycles. The van der Waals surface area contributed by atoms with Crippen molar-refractivity contribution in [2.75, 3.05) is 0 Å². The maximum absolute atomic E-state index is 10.5. The van der Waals surface area contributed by atoms with Crippen LogP contribution in [0.3, 0.4) is 0 Å². The molecule has 0 radical (unpaired) electrons. The number of primary amides is 1. The van der Waals surface area contributed by atoms with Gasteiger partial charge in [0.2, 0.25) is 5.91 Å². The van der Waals surface area contributed by atoms with Crippen LogP contribution < -0.4 is 5.73 Å². The van der Waals surface area contributed by atoms with Crippen LogP contribution in [0.2, 0.25) is 0 Å². The van der Waals surface area contributed by atoms with Crippen molar-refractivity contribution in [3.05, 3.63) is 21.3 Å². The van der Waals surface area contributed by atoms with E-state index < -0.39 is 29.5 Å². The Labute approximate surface area is 93.5 Å². The van der Waals surface area contributed by atoms with Crippen LogP contribution in [0.4, 0.5) is 5.00 Å². The first-order valence-electron chi connectivity index (χ1n) is 4.16. The summed E-state index contributed by atoms with van der Waals surface area (Å²) in [6.45, 7) is 0. The summed E-state index contributed by atoms with van der Waals surface area (Å²) in [5.41, 5.74) is 4.83. The number of nitrogens with zero attached hydrogens (tertiary/aromatic N) is 2. The van der Waals surface area contributed by atoms with E-state index in [0.29, 0.717) is 11.3 Å². The van der Waals surface area contributed by atoms with Gasteiger partial charge in [-0.25, -0.2) is 4.98 Å². The molecule has 1 amide bonds. The summed E-state index contributed by atoms with van der Waals surface area (Å²) in [5.74, 6) is -0.780. The normalized spacial score (nSPS) is 14.4. The number of amides is 1. The quantitative estimate of drug-likeness (QED) is 0.465. The molecule has 0 bridgehead atoms. The highest BCUT2D eigenvalue weighted by Gasteiger charge is 2.25. The first-order valence-corrected chi connectivity index (χ1v) is 4.98. The van der Waals surface area contributed by atoms with Gasteiger partial charge in [-0.2, -0.15) is 0 Å². The predicted molar refractivity (Wildman–Crippen MR) is 53.5 cm³/mol. The smallest absolute Gasteiger partial charge is 0.344 e. The molecule has 0 aromatic carbocycles. The van der Waals surface area contributed by atoms with E-state index in [1.807, 2.05) is 0 Å². The van der Waals surface area contributed by atoms with Crippen molar-refractivity contribution in [2.24, 2.45) is 5.73 Å². The minimum absolute atomic E-state index is 0.0274. The van der Waals surface area contributed by atoms with Crippen LogP contribution in [0.25, 0.3) is 0 Å². The van der Waals surface area contributed by atoms with Crippen LogP contribution in [-0.2, 0) is 4.79 Å². The number of hydrogen-bond donors (Lipinski definition) is 3. The standard InChI is InChI=1S/C7H9N3O5S/c8-4(12)1-3(11)6(13)7-9-2-5(16-7)10(14)15/h2-3,6,11,13H,1H2,(H2,8,12). The lowest BCUT2D eigenvalue weighted by atomic mass is 10.1. The van der Waals surface area contributed by atoms with Crippen LogP contribution in [0.15, 0.2) is 6.20 Å². The van der Waals surface area contributed by atoms with Crippen LogP contribution >= 0.6 is 11.3 Å². The SMILES string of the molecule is NC(=O)CC(O)C(O)c1ncc([N+](=O)[O-])s1. The molecule has 1 aromatic rings. The summed E-state index contributed by atoms with van der Waals surface area (Å²) in [5, 5.41) is 28.9. The second-order valence-electron chi connectivity index (χ2n) is 2.98. The molecule has 4 N–H and O–H groups in total. The molecule has 0 saturated heterocycles. The lowest BCUT2D eigenvalue weighted by molar-refractivity contribution is -0.380. The summed E-state index contributed by atoms with van der Waals surface area (Å²) in [6, 6.07) is 0. The summed E-state index contributed by atoms with van der Waals surface area (Å²) in [6.07, 6.45) is -2.33. The van der Waals surface area contributed by atoms with Gasteiger partial charge in [0.1, 0.15) is 17.3 Å². The van der Waals surface area contributed by atoms with Crippen molar-refractivity contribution in [2.45, 2.75) is 18.6 Å². The molecule has 8 nitrogen and oxygen atoms in total. The minimum atomic E-state index is -1.45. The average Bonchev–Trinajstić information content (AvgIpc) is 2.64. The molecule has 0 aliphatic rings. The fourth-order valence-corrected chi connectivity index (χ4v) is 1.76. The second kappa shape index (κ2) is 4.96. The number of carbonyl (C=O) groups excluding carboxylic acids is 1. The number of aliphatic hydroxyl groups excluding tert-OH is 2. The number of thiazole rings is 1. The van der Waals surface area contributed by atoms with E-state index in [1.165, 1.54) is 0 Å². The van der Waals surface area contributed by atoms with Gasteiger partial charge in [-0.1, -0.05) is 0 Å². The monoisotopic (exact) mass is 247 g/mol. The molecule has 0 aliphatic heterocycles. The van der Waals surface area contributed by atoms with Crippen molar-refractivity contribution in [3.63, 3.8) is 0 Å². The van der Waals surface area contributed by atoms with Crippen molar-refractivity contribution in [1.29, 1.82) is 0 Å². The Morgan fingerprint density at radius 2 is 2.31 bits per heavy atom. The van der Waals surface area contributed by atoms with E-state index in [4.69, 9.17) is 5.73 Å². The highest BCUT2D eigenvalue weighted by Crippen LogP contribution is 2.28. The maximum atomic E-state index is 10.5. The molecule has 2 atom stereocenters. The first kappa shape index (κ1) is 12.5. The Balaban J connectivity index is 2.75. The molecular weight excluding hydrogens is 238 g/mol. The average molecular weight is 247 g/mol. The van der Waals surface area contributed by atoms with Crippen molar-refractivity contribution in [1.82, 2.24) is 4.98 Å². The maximum Gasteiger partial charge on any atom is 0.344 e. The van der Waals surface area contributed by atoms with Crippen LogP contribution in [-0.4, -0.2) is 32.1 Å². The third kappa shape index (κ3) is 2.95. The zero-order chi connectivity index (χ0) is 12.3. The zero-order valence-corrected chi connectivity index (χ0v) is 8.75. The number of rotatable bonds is 5. The van der Waals surface area contributed by atoms with E-state index in [2.05, 4.69) is 4.98 Å². The van der Waals surface area contributed by atoms with Crippen molar-refractivity contribution < 1.29 is 19.9 Å². The number of nitro groups is 1. The molecule has 88 valence electrons. The Hall–Kier alpha value is -1.58. The molecule has 0 spiro atoms. The van der Waals surface area contributed by atoms with Crippen LogP contribution in [0.5, 0.6) is 0 Å².